The van der Waals surface area contributed by atoms with Gasteiger partial charge in [0.2, 0.25) is 0 Å². The maximum Gasteiger partial charge on any atom is 0.251 e. The number of hydrogen-bond acceptors (Lipinski definition) is 2. The molecule has 0 unspecified atom stereocenters. The monoisotopic (exact) mass is 633 g/mol. The van der Waals surface area contributed by atoms with E-state index in [0.717, 1.165) is 25.3 Å². The van der Waals surface area contributed by atoms with Gasteiger partial charge in [0.25, 0.3) is 5.91 Å². The Hall–Kier alpha value is -1.54. The molecule has 0 atom stereocenters. The second-order valence-corrected chi connectivity index (χ2v) is 10.6. The molecule has 8 heteroatoms. The number of hydrogen-bond donors (Lipinski definition) is 1. The minimum Gasteiger partial charge on any atom is -0.491 e. The van der Waals surface area contributed by atoms with Crippen LogP contribution in [0.1, 0.15) is 87.1 Å². The number of amides is 1. The molecule has 2 aromatic carbocycles. The number of rotatable bonds is 16. The summed E-state index contributed by atoms with van der Waals surface area (Å²) in [6, 6.07) is 3.84. The molecule has 0 radical (unpaired) electrons. The van der Waals surface area contributed by atoms with Crippen LogP contribution in [0.25, 0.3) is 11.1 Å². The second kappa shape index (κ2) is 16.3. The minimum absolute atomic E-state index is 0.166. The highest BCUT2D eigenvalue weighted by molar-refractivity contribution is 9.10. The molecule has 0 saturated heterocycles. The van der Waals surface area contributed by atoms with Crippen molar-refractivity contribution in [3.8, 4) is 16.9 Å². The van der Waals surface area contributed by atoms with Crippen molar-refractivity contribution >= 4 is 37.8 Å². The molecule has 3 nitrogen and oxygen atoms in total. The fourth-order valence-corrected chi connectivity index (χ4v) is 4.79. The molecule has 2 aromatic rings. The van der Waals surface area contributed by atoms with Crippen LogP contribution in [0.2, 0.25) is 0 Å². The average molecular weight is 635 g/mol. The summed E-state index contributed by atoms with van der Waals surface area (Å²) in [5.74, 6) is -3.36. The van der Waals surface area contributed by atoms with Crippen LogP contribution in [0.15, 0.2) is 22.7 Å². The number of ether oxygens (including phenoxy) is 1. The number of alkyl halides is 1. The molecule has 200 valence electrons. The second-order valence-electron chi connectivity index (χ2n) is 8.97. The van der Waals surface area contributed by atoms with Crippen LogP contribution in [0.5, 0.6) is 5.75 Å². The topological polar surface area (TPSA) is 38.3 Å². The zero-order chi connectivity index (χ0) is 26.5. The van der Waals surface area contributed by atoms with Crippen LogP contribution in [0.3, 0.4) is 0 Å². The Kier molecular flexibility index (Phi) is 13.9. The average Bonchev–Trinajstić information content (AvgIpc) is 2.87. The van der Waals surface area contributed by atoms with Gasteiger partial charge in [-0.3, -0.25) is 4.79 Å². The highest BCUT2D eigenvalue weighted by Crippen LogP contribution is 2.40. The quantitative estimate of drug-likeness (QED) is 0.114. The van der Waals surface area contributed by atoms with Crippen LogP contribution in [0, 0.1) is 24.4 Å². The van der Waals surface area contributed by atoms with Gasteiger partial charge in [-0.2, -0.15) is 0 Å². The molecule has 36 heavy (non-hydrogen) atoms. The summed E-state index contributed by atoms with van der Waals surface area (Å²) < 4.78 is 49.2. The molecule has 2 rings (SSSR count). The lowest BCUT2D eigenvalue weighted by molar-refractivity contribution is 0.0953. The summed E-state index contributed by atoms with van der Waals surface area (Å²) in [6.45, 7) is 4.19. The van der Waals surface area contributed by atoms with Gasteiger partial charge in [0.05, 0.1) is 11.1 Å². The summed E-state index contributed by atoms with van der Waals surface area (Å²) in [5, 5.41) is 3.42. The Labute approximate surface area is 229 Å². The fourth-order valence-electron chi connectivity index (χ4n) is 4.06. The molecule has 0 fully saturated rings. The predicted octanol–water partition coefficient (Wildman–Crippen LogP) is 9.27. The lowest BCUT2D eigenvalue weighted by Gasteiger charge is -2.17. The van der Waals surface area contributed by atoms with E-state index in [4.69, 9.17) is 4.74 Å². The summed E-state index contributed by atoms with van der Waals surface area (Å²) in [4.78, 5) is 12.8. The first-order chi connectivity index (χ1) is 17.3. The lowest BCUT2D eigenvalue weighted by atomic mass is 9.98. The number of halogens is 5. The van der Waals surface area contributed by atoms with Crippen molar-refractivity contribution in [2.24, 2.45) is 0 Å². The van der Waals surface area contributed by atoms with Crippen LogP contribution in [-0.2, 0) is 0 Å². The van der Waals surface area contributed by atoms with Crippen molar-refractivity contribution in [2.45, 2.75) is 78.1 Å². The van der Waals surface area contributed by atoms with E-state index in [-0.39, 0.29) is 35.0 Å². The standard InChI is InChI=1S/C28H36Br2F3NO2/c1-3-4-5-6-7-8-9-10-11-12-14-34-28(35)20-16-22(27(23(30)17-20)36-15-13-29)21-18-24(31)26(33)19(2)25(21)32/h16-18H,3-15H2,1-2H3,(H,34,35). The van der Waals surface area contributed by atoms with E-state index in [9.17, 15) is 18.0 Å². The largest absolute Gasteiger partial charge is 0.491 e. The Morgan fingerprint density at radius 1 is 0.889 bits per heavy atom. The molecule has 0 spiro atoms. The fraction of sp³-hybridized carbons (Fsp3) is 0.536. The molecule has 0 saturated carbocycles. The number of unbranched alkanes of at least 4 members (excludes halogenated alkanes) is 9. The van der Waals surface area contributed by atoms with Gasteiger partial charge in [0.15, 0.2) is 11.6 Å². The van der Waals surface area contributed by atoms with Gasteiger partial charge >= 0.3 is 0 Å². The molecule has 1 amide bonds. The maximum atomic E-state index is 15.0. The van der Waals surface area contributed by atoms with Gasteiger partial charge in [0.1, 0.15) is 11.6 Å². The summed E-state index contributed by atoms with van der Waals surface area (Å²) in [7, 11) is 0. The zero-order valence-corrected chi connectivity index (χ0v) is 24.3. The lowest BCUT2D eigenvalue weighted by Crippen LogP contribution is -2.24. The third-order valence-corrected chi connectivity index (χ3v) is 7.02. The zero-order valence-electron chi connectivity index (χ0n) is 21.1. The smallest absolute Gasteiger partial charge is 0.251 e. The first kappa shape index (κ1) is 30.7. The Morgan fingerprint density at radius 2 is 1.50 bits per heavy atom. The number of nitrogens with one attached hydrogen (secondary N) is 1. The summed E-state index contributed by atoms with van der Waals surface area (Å²) >= 11 is 6.67. The molecule has 0 aliphatic carbocycles. The van der Waals surface area contributed by atoms with E-state index in [2.05, 4.69) is 44.1 Å². The van der Waals surface area contributed by atoms with E-state index in [1.165, 1.54) is 57.9 Å². The van der Waals surface area contributed by atoms with Crippen molar-refractivity contribution in [3.63, 3.8) is 0 Å². The van der Waals surface area contributed by atoms with Crippen molar-refractivity contribution in [2.75, 3.05) is 18.5 Å². The SMILES string of the molecule is CCCCCCCCCCCCNC(=O)c1cc(Br)c(OCCBr)c(-c2cc(F)c(F)c(C)c2F)c1. The highest BCUT2D eigenvalue weighted by atomic mass is 79.9. The maximum absolute atomic E-state index is 15.0. The molecular weight excluding hydrogens is 599 g/mol. The van der Waals surface area contributed by atoms with Crippen molar-refractivity contribution in [3.05, 3.63) is 51.3 Å². The molecule has 0 aliphatic heterocycles. The molecule has 1 N–H and O–H groups in total. The van der Waals surface area contributed by atoms with E-state index in [0.29, 0.717) is 16.3 Å². The molecule has 0 aromatic heterocycles. The van der Waals surface area contributed by atoms with E-state index < -0.39 is 23.0 Å². The highest BCUT2D eigenvalue weighted by Gasteiger charge is 2.22. The third kappa shape index (κ3) is 9.09. The van der Waals surface area contributed by atoms with Crippen LogP contribution >= 0.6 is 31.9 Å². The first-order valence-electron chi connectivity index (χ1n) is 12.8. The normalized spacial score (nSPS) is 11.1. The number of carbonyl (C=O) groups excluding carboxylic acids is 1. The summed E-state index contributed by atoms with van der Waals surface area (Å²) in [6.07, 6.45) is 12.1. The van der Waals surface area contributed by atoms with E-state index in [1.54, 1.807) is 6.07 Å². The Bertz CT molecular complexity index is 1000. The number of benzene rings is 2. The van der Waals surface area contributed by atoms with Gasteiger partial charge in [0, 0.05) is 34.1 Å². The molecule has 0 heterocycles. The number of carbonyl (C=O) groups is 1. The van der Waals surface area contributed by atoms with Gasteiger partial charge in [-0.15, -0.1) is 0 Å². The predicted molar refractivity (Wildman–Crippen MR) is 148 cm³/mol. The Balaban J connectivity index is 2.04. The molecule has 0 aliphatic rings. The summed E-state index contributed by atoms with van der Waals surface area (Å²) in [5.41, 5.74) is -0.143. The van der Waals surface area contributed by atoms with E-state index in [1.807, 2.05) is 0 Å². The minimum atomic E-state index is -1.23. The van der Waals surface area contributed by atoms with Crippen molar-refractivity contribution in [1.82, 2.24) is 5.32 Å². The van der Waals surface area contributed by atoms with Crippen LogP contribution in [0.4, 0.5) is 13.2 Å². The van der Waals surface area contributed by atoms with Gasteiger partial charge < -0.3 is 10.1 Å². The first-order valence-corrected chi connectivity index (χ1v) is 14.7. The van der Waals surface area contributed by atoms with Crippen LogP contribution in [-0.4, -0.2) is 24.4 Å². The van der Waals surface area contributed by atoms with Crippen LogP contribution < -0.4 is 10.1 Å². The van der Waals surface area contributed by atoms with Gasteiger partial charge in [-0.1, -0.05) is 80.6 Å². The third-order valence-electron chi connectivity index (χ3n) is 6.11. The molecule has 0 bridgehead atoms. The molecular formula is C28H36Br2F3NO2. The Morgan fingerprint density at radius 3 is 2.11 bits per heavy atom. The van der Waals surface area contributed by atoms with Gasteiger partial charge in [-0.05, 0) is 47.5 Å². The van der Waals surface area contributed by atoms with Crippen molar-refractivity contribution in [1.29, 1.82) is 0 Å². The van der Waals surface area contributed by atoms with Gasteiger partial charge in [-0.25, -0.2) is 13.2 Å². The van der Waals surface area contributed by atoms with E-state index >= 15 is 0 Å². The van der Waals surface area contributed by atoms with Crippen molar-refractivity contribution < 1.29 is 22.7 Å².